The van der Waals surface area contributed by atoms with Crippen molar-refractivity contribution in [1.82, 2.24) is 15.1 Å². The fourth-order valence-electron chi connectivity index (χ4n) is 3.76. The Hall–Kier alpha value is -0.120. The van der Waals surface area contributed by atoms with Gasteiger partial charge in [0.25, 0.3) is 0 Å². The standard InChI is InChI=1S/C16H33N3/c1-18(2)11-5-9-17-10-13-19-12-8-15-6-3-4-7-16(15)14-19/h15-17H,3-14H2,1-2H3. The highest BCUT2D eigenvalue weighted by atomic mass is 15.1. The molecule has 1 heterocycles. The molecule has 2 aliphatic rings. The Bertz CT molecular complexity index is 242. The molecule has 2 fully saturated rings. The molecule has 2 unspecified atom stereocenters. The van der Waals surface area contributed by atoms with Gasteiger partial charge in [0.05, 0.1) is 0 Å². The van der Waals surface area contributed by atoms with E-state index in [0.29, 0.717) is 0 Å². The molecule has 19 heavy (non-hydrogen) atoms. The number of hydrogen-bond acceptors (Lipinski definition) is 3. The van der Waals surface area contributed by atoms with E-state index in [0.717, 1.165) is 18.4 Å². The monoisotopic (exact) mass is 267 g/mol. The Morgan fingerprint density at radius 3 is 2.63 bits per heavy atom. The van der Waals surface area contributed by atoms with E-state index in [1.54, 1.807) is 0 Å². The minimum Gasteiger partial charge on any atom is -0.315 e. The fraction of sp³-hybridized carbons (Fsp3) is 1.00. The molecule has 0 aromatic heterocycles. The molecule has 0 aromatic carbocycles. The maximum Gasteiger partial charge on any atom is 0.0107 e. The molecule has 0 spiro atoms. The van der Waals surface area contributed by atoms with Gasteiger partial charge < -0.3 is 15.1 Å². The van der Waals surface area contributed by atoms with Crippen LogP contribution in [0.15, 0.2) is 0 Å². The Labute approximate surface area is 119 Å². The van der Waals surface area contributed by atoms with Crippen molar-refractivity contribution in [2.75, 3.05) is 53.4 Å². The quantitative estimate of drug-likeness (QED) is 0.712. The van der Waals surface area contributed by atoms with Crippen molar-refractivity contribution >= 4 is 0 Å². The lowest BCUT2D eigenvalue weighted by Crippen LogP contribution is -2.44. The molecule has 1 saturated carbocycles. The van der Waals surface area contributed by atoms with E-state index in [1.165, 1.54) is 71.2 Å². The maximum absolute atomic E-state index is 3.59. The second kappa shape index (κ2) is 8.23. The zero-order valence-corrected chi connectivity index (χ0v) is 13.0. The highest BCUT2D eigenvalue weighted by molar-refractivity contribution is 4.83. The van der Waals surface area contributed by atoms with Gasteiger partial charge in [0.15, 0.2) is 0 Å². The van der Waals surface area contributed by atoms with Gasteiger partial charge in [-0.1, -0.05) is 19.3 Å². The lowest BCUT2D eigenvalue weighted by Gasteiger charge is -2.41. The average Bonchev–Trinajstić information content (AvgIpc) is 2.42. The molecule has 3 nitrogen and oxygen atoms in total. The van der Waals surface area contributed by atoms with Crippen molar-refractivity contribution in [2.45, 2.75) is 38.5 Å². The molecule has 2 atom stereocenters. The van der Waals surface area contributed by atoms with Gasteiger partial charge in [0, 0.05) is 19.6 Å². The van der Waals surface area contributed by atoms with Gasteiger partial charge in [0.1, 0.15) is 0 Å². The van der Waals surface area contributed by atoms with Crippen LogP contribution in [0.5, 0.6) is 0 Å². The van der Waals surface area contributed by atoms with Crippen LogP contribution in [0.2, 0.25) is 0 Å². The Balaban J connectivity index is 1.52. The Morgan fingerprint density at radius 1 is 1.05 bits per heavy atom. The Morgan fingerprint density at radius 2 is 1.84 bits per heavy atom. The van der Waals surface area contributed by atoms with Crippen molar-refractivity contribution in [1.29, 1.82) is 0 Å². The summed E-state index contributed by atoms with van der Waals surface area (Å²) in [6, 6.07) is 0. The molecule has 0 aromatic rings. The molecule has 1 N–H and O–H groups in total. The number of nitrogens with one attached hydrogen (secondary N) is 1. The van der Waals surface area contributed by atoms with Crippen molar-refractivity contribution < 1.29 is 0 Å². The molecule has 3 heteroatoms. The lowest BCUT2D eigenvalue weighted by molar-refractivity contribution is 0.0876. The minimum atomic E-state index is 1.02. The molecule has 112 valence electrons. The van der Waals surface area contributed by atoms with Crippen LogP contribution in [0.1, 0.15) is 38.5 Å². The number of piperidine rings is 1. The smallest absolute Gasteiger partial charge is 0.0107 e. The highest BCUT2D eigenvalue weighted by Crippen LogP contribution is 2.35. The molecule has 1 aliphatic carbocycles. The molecule has 0 radical (unpaired) electrons. The summed E-state index contributed by atoms with van der Waals surface area (Å²) in [6.45, 7) is 7.51. The van der Waals surface area contributed by atoms with Gasteiger partial charge in [-0.05, 0) is 64.8 Å². The van der Waals surface area contributed by atoms with Gasteiger partial charge >= 0.3 is 0 Å². The van der Waals surface area contributed by atoms with Crippen molar-refractivity contribution in [3.05, 3.63) is 0 Å². The fourth-order valence-corrected chi connectivity index (χ4v) is 3.76. The van der Waals surface area contributed by atoms with E-state index < -0.39 is 0 Å². The first kappa shape index (κ1) is 15.3. The summed E-state index contributed by atoms with van der Waals surface area (Å²) in [5.74, 6) is 2.09. The first-order chi connectivity index (χ1) is 9.25. The van der Waals surface area contributed by atoms with Crippen LogP contribution in [-0.4, -0.2) is 63.2 Å². The number of fused-ring (bicyclic) bond motifs is 1. The average molecular weight is 267 g/mol. The first-order valence-corrected chi connectivity index (χ1v) is 8.33. The third kappa shape index (κ3) is 5.41. The normalized spacial score (nSPS) is 28.6. The number of rotatable bonds is 7. The number of hydrogen-bond donors (Lipinski definition) is 1. The molecular formula is C16H33N3. The summed E-state index contributed by atoms with van der Waals surface area (Å²) in [5, 5.41) is 3.59. The van der Waals surface area contributed by atoms with Gasteiger partial charge in [-0.15, -0.1) is 0 Å². The highest BCUT2D eigenvalue weighted by Gasteiger charge is 2.30. The zero-order valence-electron chi connectivity index (χ0n) is 13.0. The molecule has 2 rings (SSSR count). The largest absolute Gasteiger partial charge is 0.315 e. The SMILES string of the molecule is CN(C)CCCNCCN1CCC2CCCCC2C1. The Kier molecular flexibility index (Phi) is 6.62. The van der Waals surface area contributed by atoms with Gasteiger partial charge in [-0.2, -0.15) is 0 Å². The van der Waals surface area contributed by atoms with Gasteiger partial charge in [-0.25, -0.2) is 0 Å². The predicted octanol–water partition coefficient (Wildman–Crippen LogP) is 2.04. The van der Waals surface area contributed by atoms with E-state index in [1.807, 2.05) is 0 Å². The number of nitrogens with zero attached hydrogens (tertiary/aromatic N) is 2. The summed E-state index contributed by atoms with van der Waals surface area (Å²) < 4.78 is 0. The van der Waals surface area contributed by atoms with Gasteiger partial charge in [0.2, 0.25) is 0 Å². The zero-order chi connectivity index (χ0) is 13.5. The second-order valence-corrected chi connectivity index (χ2v) is 6.80. The van der Waals surface area contributed by atoms with E-state index in [9.17, 15) is 0 Å². The van der Waals surface area contributed by atoms with Crippen LogP contribution in [0.4, 0.5) is 0 Å². The third-order valence-corrected chi connectivity index (χ3v) is 4.94. The topological polar surface area (TPSA) is 18.5 Å². The van der Waals surface area contributed by atoms with Crippen LogP contribution in [0.25, 0.3) is 0 Å². The molecular weight excluding hydrogens is 234 g/mol. The van der Waals surface area contributed by atoms with Crippen LogP contribution in [-0.2, 0) is 0 Å². The summed E-state index contributed by atoms with van der Waals surface area (Å²) in [5.41, 5.74) is 0. The van der Waals surface area contributed by atoms with Crippen LogP contribution >= 0.6 is 0 Å². The molecule has 1 aliphatic heterocycles. The van der Waals surface area contributed by atoms with E-state index in [2.05, 4.69) is 29.2 Å². The summed E-state index contributed by atoms with van der Waals surface area (Å²) in [4.78, 5) is 4.96. The first-order valence-electron chi connectivity index (χ1n) is 8.33. The van der Waals surface area contributed by atoms with E-state index in [4.69, 9.17) is 0 Å². The predicted molar refractivity (Wildman–Crippen MR) is 82.5 cm³/mol. The third-order valence-electron chi connectivity index (χ3n) is 4.94. The lowest BCUT2D eigenvalue weighted by atomic mass is 9.75. The van der Waals surface area contributed by atoms with Crippen molar-refractivity contribution in [3.8, 4) is 0 Å². The van der Waals surface area contributed by atoms with Crippen LogP contribution in [0, 0.1) is 11.8 Å². The van der Waals surface area contributed by atoms with E-state index in [-0.39, 0.29) is 0 Å². The summed E-state index contributed by atoms with van der Waals surface area (Å²) >= 11 is 0. The summed E-state index contributed by atoms with van der Waals surface area (Å²) in [7, 11) is 4.29. The summed E-state index contributed by atoms with van der Waals surface area (Å²) in [6.07, 6.45) is 8.72. The van der Waals surface area contributed by atoms with Crippen molar-refractivity contribution in [3.63, 3.8) is 0 Å². The van der Waals surface area contributed by atoms with E-state index >= 15 is 0 Å². The van der Waals surface area contributed by atoms with Crippen molar-refractivity contribution in [2.24, 2.45) is 11.8 Å². The number of likely N-dealkylation sites (tertiary alicyclic amines) is 1. The minimum absolute atomic E-state index is 1.02. The maximum atomic E-state index is 3.59. The van der Waals surface area contributed by atoms with Crippen LogP contribution < -0.4 is 5.32 Å². The molecule has 0 bridgehead atoms. The van der Waals surface area contributed by atoms with Gasteiger partial charge in [-0.3, -0.25) is 0 Å². The molecule has 0 amide bonds. The van der Waals surface area contributed by atoms with Crippen LogP contribution in [0.3, 0.4) is 0 Å². The molecule has 1 saturated heterocycles. The second-order valence-electron chi connectivity index (χ2n) is 6.80.